The molecule has 0 aliphatic heterocycles. The summed E-state index contributed by atoms with van der Waals surface area (Å²) >= 11 is 7.17. The highest BCUT2D eigenvalue weighted by molar-refractivity contribution is 7.99. The minimum absolute atomic E-state index is 0.0894. The fourth-order valence-electron chi connectivity index (χ4n) is 2.73. The van der Waals surface area contributed by atoms with Crippen LogP contribution in [0.2, 0.25) is 5.02 Å². The number of nitrogens with zero attached hydrogens (tertiary/aromatic N) is 3. The number of thioether (sulfide) groups is 1. The Morgan fingerprint density at radius 1 is 1.07 bits per heavy atom. The Kier molecular flexibility index (Phi) is 7.12. The summed E-state index contributed by atoms with van der Waals surface area (Å²) in [4.78, 5) is 24.6. The number of rotatable bonds is 7. The predicted octanol–water partition coefficient (Wildman–Crippen LogP) is 4.00. The summed E-state index contributed by atoms with van der Waals surface area (Å²) < 4.78 is 1.72. The maximum atomic E-state index is 12.4. The molecule has 1 heterocycles. The van der Waals surface area contributed by atoms with Gasteiger partial charge in [-0.3, -0.25) is 9.59 Å². The molecule has 0 fully saturated rings. The fourth-order valence-corrected chi connectivity index (χ4v) is 3.65. The van der Waals surface area contributed by atoms with Crippen molar-refractivity contribution in [3.05, 3.63) is 64.4 Å². The van der Waals surface area contributed by atoms with E-state index in [9.17, 15) is 9.59 Å². The van der Waals surface area contributed by atoms with Crippen molar-refractivity contribution in [2.45, 2.75) is 25.4 Å². The van der Waals surface area contributed by atoms with E-state index in [1.807, 2.05) is 32.0 Å². The lowest BCUT2D eigenvalue weighted by Crippen LogP contribution is -2.18. The SMILES string of the molecule is Cc1ccc(C)c(NC(=O)Cc2nnc(SCC(=O)Nc3cccc(Cl)c3)n2C)c1. The van der Waals surface area contributed by atoms with Crippen LogP contribution in [0.4, 0.5) is 11.4 Å². The number of halogens is 1. The van der Waals surface area contributed by atoms with Crippen molar-refractivity contribution in [1.82, 2.24) is 14.8 Å². The van der Waals surface area contributed by atoms with Crippen molar-refractivity contribution in [1.29, 1.82) is 0 Å². The van der Waals surface area contributed by atoms with Crippen molar-refractivity contribution < 1.29 is 9.59 Å². The van der Waals surface area contributed by atoms with E-state index >= 15 is 0 Å². The third kappa shape index (κ3) is 5.84. The van der Waals surface area contributed by atoms with Crippen LogP contribution >= 0.6 is 23.4 Å². The maximum Gasteiger partial charge on any atom is 0.234 e. The third-order valence-electron chi connectivity index (χ3n) is 4.35. The summed E-state index contributed by atoms with van der Waals surface area (Å²) in [6.07, 6.45) is 0.0894. The van der Waals surface area contributed by atoms with Crippen LogP contribution in [0.5, 0.6) is 0 Å². The van der Waals surface area contributed by atoms with Gasteiger partial charge in [-0.25, -0.2) is 0 Å². The van der Waals surface area contributed by atoms with Gasteiger partial charge in [0, 0.05) is 23.4 Å². The topological polar surface area (TPSA) is 88.9 Å². The summed E-state index contributed by atoms with van der Waals surface area (Å²) in [7, 11) is 1.78. The van der Waals surface area contributed by atoms with Gasteiger partial charge in [0.2, 0.25) is 11.8 Å². The number of amides is 2. The summed E-state index contributed by atoms with van der Waals surface area (Å²) in [5.41, 5.74) is 3.49. The first-order valence-electron chi connectivity index (χ1n) is 9.25. The van der Waals surface area contributed by atoms with Gasteiger partial charge in [0.15, 0.2) is 5.16 Å². The second-order valence-corrected chi connectivity index (χ2v) is 8.23. The lowest BCUT2D eigenvalue weighted by atomic mass is 10.1. The number of hydrogen-bond acceptors (Lipinski definition) is 5. The van der Waals surface area contributed by atoms with Crippen LogP contribution in [0.1, 0.15) is 17.0 Å². The molecule has 2 N–H and O–H groups in total. The molecule has 0 bridgehead atoms. The fraction of sp³-hybridized carbons (Fsp3) is 0.238. The molecule has 0 atom stereocenters. The number of nitrogens with one attached hydrogen (secondary N) is 2. The normalized spacial score (nSPS) is 10.7. The molecule has 0 unspecified atom stereocenters. The lowest BCUT2D eigenvalue weighted by Gasteiger charge is -2.09. The van der Waals surface area contributed by atoms with Gasteiger partial charge in [0.1, 0.15) is 5.82 Å². The van der Waals surface area contributed by atoms with Crippen LogP contribution in [0, 0.1) is 13.8 Å². The first-order valence-corrected chi connectivity index (χ1v) is 10.6. The van der Waals surface area contributed by atoms with Crippen LogP contribution in [0.3, 0.4) is 0 Å². The first kappa shape index (κ1) is 21.9. The van der Waals surface area contributed by atoms with Crippen LogP contribution in [-0.2, 0) is 23.1 Å². The van der Waals surface area contributed by atoms with Crippen LogP contribution < -0.4 is 10.6 Å². The molecule has 0 saturated heterocycles. The van der Waals surface area contributed by atoms with E-state index in [0.29, 0.717) is 21.7 Å². The minimum atomic E-state index is -0.181. The standard InChI is InChI=1S/C21H22ClN5O2S/c1-13-7-8-14(2)17(9-13)24-19(28)11-18-25-26-21(27(18)3)30-12-20(29)23-16-6-4-5-15(22)10-16/h4-10H,11-12H2,1-3H3,(H,23,29)(H,24,28). The monoisotopic (exact) mass is 443 g/mol. The average molecular weight is 444 g/mol. The van der Waals surface area contributed by atoms with Crippen molar-refractivity contribution >= 4 is 46.6 Å². The lowest BCUT2D eigenvalue weighted by molar-refractivity contribution is -0.116. The van der Waals surface area contributed by atoms with Crippen molar-refractivity contribution in [3.63, 3.8) is 0 Å². The molecule has 3 rings (SSSR count). The van der Waals surface area contributed by atoms with Gasteiger partial charge in [-0.05, 0) is 49.2 Å². The smallest absolute Gasteiger partial charge is 0.234 e. The van der Waals surface area contributed by atoms with Gasteiger partial charge in [0.25, 0.3) is 0 Å². The van der Waals surface area contributed by atoms with Gasteiger partial charge in [-0.15, -0.1) is 10.2 Å². The van der Waals surface area contributed by atoms with E-state index in [1.54, 1.807) is 35.9 Å². The Balaban J connectivity index is 1.55. The van der Waals surface area contributed by atoms with Crippen molar-refractivity contribution in [2.75, 3.05) is 16.4 Å². The third-order valence-corrected chi connectivity index (χ3v) is 5.61. The zero-order valence-electron chi connectivity index (χ0n) is 16.9. The second-order valence-electron chi connectivity index (χ2n) is 6.85. The van der Waals surface area contributed by atoms with E-state index in [1.165, 1.54) is 11.8 Å². The Morgan fingerprint density at radius 3 is 2.63 bits per heavy atom. The van der Waals surface area contributed by atoms with Gasteiger partial charge >= 0.3 is 0 Å². The molecule has 0 saturated carbocycles. The quantitative estimate of drug-likeness (QED) is 0.539. The first-order chi connectivity index (χ1) is 14.3. The summed E-state index contributed by atoms with van der Waals surface area (Å²) in [5, 5.41) is 15.0. The Labute approximate surface area is 184 Å². The molecule has 7 nitrogen and oxygen atoms in total. The van der Waals surface area contributed by atoms with Crippen molar-refractivity contribution in [3.8, 4) is 0 Å². The van der Waals surface area contributed by atoms with E-state index in [2.05, 4.69) is 20.8 Å². The van der Waals surface area contributed by atoms with E-state index < -0.39 is 0 Å². The minimum Gasteiger partial charge on any atom is -0.325 e. The number of carbonyl (C=O) groups is 2. The van der Waals surface area contributed by atoms with Crippen LogP contribution in [0.15, 0.2) is 47.6 Å². The molecule has 0 aliphatic carbocycles. The average Bonchev–Trinajstić information content (AvgIpc) is 3.02. The molecular formula is C21H22ClN5O2S. The molecule has 0 radical (unpaired) electrons. The maximum absolute atomic E-state index is 12.4. The second kappa shape index (κ2) is 9.77. The van der Waals surface area contributed by atoms with Gasteiger partial charge < -0.3 is 15.2 Å². The highest BCUT2D eigenvalue weighted by atomic mass is 35.5. The highest BCUT2D eigenvalue weighted by Gasteiger charge is 2.15. The predicted molar refractivity (Wildman–Crippen MR) is 120 cm³/mol. The van der Waals surface area contributed by atoms with Gasteiger partial charge in [0.05, 0.1) is 12.2 Å². The zero-order valence-corrected chi connectivity index (χ0v) is 18.5. The van der Waals surface area contributed by atoms with E-state index in [4.69, 9.17) is 11.6 Å². The van der Waals surface area contributed by atoms with Gasteiger partial charge in [-0.2, -0.15) is 0 Å². The number of benzene rings is 2. The number of carbonyl (C=O) groups excluding carboxylic acids is 2. The summed E-state index contributed by atoms with van der Waals surface area (Å²) in [6, 6.07) is 12.9. The number of aryl methyl sites for hydroxylation is 2. The largest absolute Gasteiger partial charge is 0.325 e. The number of hydrogen-bond donors (Lipinski definition) is 2. The molecule has 3 aromatic rings. The molecule has 0 aliphatic rings. The molecular weight excluding hydrogens is 422 g/mol. The highest BCUT2D eigenvalue weighted by Crippen LogP contribution is 2.19. The van der Waals surface area contributed by atoms with E-state index in [0.717, 1.165) is 16.8 Å². The van der Waals surface area contributed by atoms with Crippen molar-refractivity contribution in [2.24, 2.45) is 7.05 Å². The summed E-state index contributed by atoms with van der Waals surface area (Å²) in [5.74, 6) is 0.331. The summed E-state index contributed by atoms with van der Waals surface area (Å²) in [6.45, 7) is 3.92. The van der Waals surface area contributed by atoms with Gasteiger partial charge in [-0.1, -0.05) is 41.6 Å². The molecule has 2 aromatic carbocycles. The Morgan fingerprint density at radius 2 is 1.87 bits per heavy atom. The molecule has 0 spiro atoms. The molecule has 1 aromatic heterocycles. The molecule has 156 valence electrons. The zero-order chi connectivity index (χ0) is 21.7. The van der Waals surface area contributed by atoms with E-state index in [-0.39, 0.29) is 24.0 Å². The molecule has 9 heteroatoms. The Bertz CT molecular complexity index is 1080. The number of anilines is 2. The van der Waals surface area contributed by atoms with Crippen LogP contribution in [-0.4, -0.2) is 32.3 Å². The molecule has 2 amide bonds. The Hall–Kier alpha value is -2.84. The van der Waals surface area contributed by atoms with Crippen LogP contribution in [0.25, 0.3) is 0 Å². The number of aromatic nitrogens is 3. The molecule has 30 heavy (non-hydrogen) atoms.